The standard InChI is InChI=1S/C22H25NO4/c24-14-22(10-5-11-26-15-22)13-23-21(25)27-12-20-18-8-3-1-6-16(18)17-7-2-4-9-19(17)20/h1-4,6-9,20,24H,5,10-15H2,(H,23,25). The number of carbonyl (C=O) groups is 1. The summed E-state index contributed by atoms with van der Waals surface area (Å²) in [6.45, 7) is 1.83. The van der Waals surface area contributed by atoms with Gasteiger partial charge in [-0.3, -0.25) is 0 Å². The smallest absolute Gasteiger partial charge is 0.407 e. The third-order valence-corrected chi connectivity index (χ3v) is 5.69. The molecule has 0 saturated carbocycles. The molecular formula is C22H25NO4. The number of aliphatic hydroxyl groups excluding tert-OH is 1. The topological polar surface area (TPSA) is 67.8 Å². The van der Waals surface area contributed by atoms with Gasteiger partial charge in [0.15, 0.2) is 0 Å². The van der Waals surface area contributed by atoms with Gasteiger partial charge in [0.25, 0.3) is 0 Å². The van der Waals surface area contributed by atoms with E-state index in [1.165, 1.54) is 22.3 Å². The van der Waals surface area contributed by atoms with Crippen molar-refractivity contribution in [1.82, 2.24) is 5.32 Å². The zero-order valence-electron chi connectivity index (χ0n) is 15.3. The molecule has 0 spiro atoms. The van der Waals surface area contributed by atoms with E-state index in [0.717, 1.165) is 12.8 Å². The van der Waals surface area contributed by atoms with E-state index in [0.29, 0.717) is 26.4 Å². The Hall–Kier alpha value is -2.37. The van der Waals surface area contributed by atoms with E-state index >= 15 is 0 Å². The zero-order valence-corrected chi connectivity index (χ0v) is 15.3. The van der Waals surface area contributed by atoms with E-state index in [-0.39, 0.29) is 12.5 Å². The maximum atomic E-state index is 12.3. The molecule has 2 N–H and O–H groups in total. The Morgan fingerprint density at radius 2 is 1.81 bits per heavy atom. The minimum atomic E-state index is -0.449. The molecule has 1 fully saturated rings. The first-order chi connectivity index (χ1) is 13.2. The second-order valence-corrected chi connectivity index (χ2v) is 7.49. The minimum Gasteiger partial charge on any atom is -0.449 e. The van der Waals surface area contributed by atoms with E-state index in [1.54, 1.807) is 0 Å². The summed E-state index contributed by atoms with van der Waals surface area (Å²) in [7, 11) is 0. The first kappa shape index (κ1) is 18.0. The maximum absolute atomic E-state index is 12.3. The Balaban J connectivity index is 1.39. The van der Waals surface area contributed by atoms with Gasteiger partial charge in [0.2, 0.25) is 0 Å². The number of aliphatic hydroxyl groups is 1. The fourth-order valence-corrected chi connectivity index (χ4v) is 4.14. The Bertz CT molecular complexity index is 768. The molecule has 4 rings (SSSR count). The van der Waals surface area contributed by atoms with E-state index in [2.05, 4.69) is 29.6 Å². The second kappa shape index (κ2) is 7.71. The highest BCUT2D eigenvalue weighted by atomic mass is 16.5. The van der Waals surface area contributed by atoms with Crippen LogP contribution >= 0.6 is 0 Å². The van der Waals surface area contributed by atoms with Crippen molar-refractivity contribution in [2.45, 2.75) is 18.8 Å². The second-order valence-electron chi connectivity index (χ2n) is 7.49. The first-order valence-corrected chi connectivity index (χ1v) is 9.50. The van der Waals surface area contributed by atoms with Crippen molar-refractivity contribution < 1.29 is 19.4 Å². The van der Waals surface area contributed by atoms with Crippen LogP contribution < -0.4 is 5.32 Å². The van der Waals surface area contributed by atoms with Crippen molar-refractivity contribution in [3.63, 3.8) is 0 Å². The normalized spacial score (nSPS) is 21.4. The summed E-state index contributed by atoms with van der Waals surface area (Å²) < 4.78 is 11.0. The number of amides is 1. The third-order valence-electron chi connectivity index (χ3n) is 5.69. The molecule has 0 bridgehead atoms. The lowest BCUT2D eigenvalue weighted by Crippen LogP contribution is -2.45. The van der Waals surface area contributed by atoms with Crippen LogP contribution in [0.1, 0.15) is 29.9 Å². The number of rotatable bonds is 5. The van der Waals surface area contributed by atoms with Crippen LogP contribution in [0.3, 0.4) is 0 Å². The summed E-state index contributed by atoms with van der Waals surface area (Å²) in [6.07, 6.45) is 1.29. The number of hydrogen-bond donors (Lipinski definition) is 2. The summed E-state index contributed by atoms with van der Waals surface area (Å²) in [4.78, 5) is 12.3. The Morgan fingerprint density at radius 3 is 2.41 bits per heavy atom. The molecule has 2 aromatic carbocycles. The van der Waals surface area contributed by atoms with Crippen molar-refractivity contribution in [3.05, 3.63) is 59.7 Å². The van der Waals surface area contributed by atoms with Gasteiger partial charge in [0, 0.05) is 24.5 Å². The van der Waals surface area contributed by atoms with Gasteiger partial charge in [-0.05, 0) is 35.1 Å². The van der Waals surface area contributed by atoms with Crippen molar-refractivity contribution >= 4 is 6.09 Å². The van der Waals surface area contributed by atoms with Gasteiger partial charge in [-0.25, -0.2) is 4.79 Å². The lowest BCUT2D eigenvalue weighted by atomic mass is 9.83. The minimum absolute atomic E-state index is 0.00332. The van der Waals surface area contributed by atoms with E-state index in [9.17, 15) is 9.90 Å². The third kappa shape index (κ3) is 3.57. The highest BCUT2D eigenvalue weighted by Gasteiger charge is 2.33. The van der Waals surface area contributed by atoms with Gasteiger partial charge in [-0.1, -0.05) is 48.5 Å². The zero-order chi connectivity index (χ0) is 18.7. The number of ether oxygens (including phenoxy) is 2. The van der Waals surface area contributed by atoms with E-state index < -0.39 is 11.5 Å². The number of carbonyl (C=O) groups excluding carboxylic acids is 1. The van der Waals surface area contributed by atoms with Crippen molar-refractivity contribution in [2.75, 3.05) is 33.0 Å². The average Bonchev–Trinajstić information content (AvgIpc) is 3.05. The lowest BCUT2D eigenvalue weighted by molar-refractivity contribution is -0.0367. The van der Waals surface area contributed by atoms with Crippen LogP contribution in [0, 0.1) is 5.41 Å². The highest BCUT2D eigenvalue weighted by Crippen LogP contribution is 2.44. The van der Waals surface area contributed by atoms with Gasteiger partial charge >= 0.3 is 6.09 Å². The van der Waals surface area contributed by atoms with Gasteiger partial charge < -0.3 is 19.9 Å². The summed E-state index contributed by atoms with van der Waals surface area (Å²) in [6, 6.07) is 16.5. The summed E-state index contributed by atoms with van der Waals surface area (Å²) in [5.41, 5.74) is 4.41. The Labute approximate surface area is 159 Å². The first-order valence-electron chi connectivity index (χ1n) is 9.50. The fourth-order valence-electron chi connectivity index (χ4n) is 4.14. The van der Waals surface area contributed by atoms with Gasteiger partial charge in [0.05, 0.1) is 13.2 Å². The molecule has 1 heterocycles. The van der Waals surface area contributed by atoms with Crippen LogP contribution in [-0.4, -0.2) is 44.2 Å². The highest BCUT2D eigenvalue weighted by molar-refractivity contribution is 5.79. The predicted octanol–water partition coefficient (Wildman–Crippen LogP) is 3.31. The molecule has 5 heteroatoms. The number of hydrogen-bond acceptors (Lipinski definition) is 4. The summed E-state index contributed by atoms with van der Waals surface area (Å²) in [5.74, 6) is 0.0490. The van der Waals surface area contributed by atoms with E-state index in [1.807, 2.05) is 24.3 Å². The fraction of sp³-hybridized carbons (Fsp3) is 0.409. The molecule has 27 heavy (non-hydrogen) atoms. The van der Waals surface area contributed by atoms with Crippen molar-refractivity contribution in [2.24, 2.45) is 5.41 Å². The monoisotopic (exact) mass is 367 g/mol. The van der Waals surface area contributed by atoms with Crippen LogP contribution in [0.2, 0.25) is 0 Å². The molecule has 1 atom stereocenters. The summed E-state index contributed by atoms with van der Waals surface area (Å²) >= 11 is 0. The van der Waals surface area contributed by atoms with Crippen LogP contribution in [0.25, 0.3) is 11.1 Å². The van der Waals surface area contributed by atoms with Crippen LogP contribution in [0.5, 0.6) is 0 Å². The molecule has 1 amide bonds. The average molecular weight is 367 g/mol. The van der Waals surface area contributed by atoms with Gasteiger partial charge in [-0.2, -0.15) is 0 Å². The molecule has 2 aromatic rings. The lowest BCUT2D eigenvalue weighted by Gasteiger charge is -2.35. The molecule has 0 radical (unpaired) electrons. The summed E-state index contributed by atoms with van der Waals surface area (Å²) in [5, 5.41) is 12.5. The number of alkyl carbamates (subject to hydrolysis) is 1. The molecular weight excluding hydrogens is 342 g/mol. The van der Waals surface area contributed by atoms with Gasteiger partial charge in [-0.15, -0.1) is 0 Å². The molecule has 0 aromatic heterocycles. The molecule has 1 saturated heterocycles. The largest absolute Gasteiger partial charge is 0.449 e. The van der Waals surface area contributed by atoms with E-state index in [4.69, 9.17) is 9.47 Å². The quantitative estimate of drug-likeness (QED) is 0.851. The maximum Gasteiger partial charge on any atom is 0.407 e. The van der Waals surface area contributed by atoms with Crippen LogP contribution in [0.15, 0.2) is 48.5 Å². The molecule has 2 aliphatic rings. The van der Waals surface area contributed by atoms with Crippen molar-refractivity contribution in [1.29, 1.82) is 0 Å². The Morgan fingerprint density at radius 1 is 1.15 bits per heavy atom. The molecule has 1 aliphatic carbocycles. The predicted molar refractivity (Wildman–Crippen MR) is 103 cm³/mol. The SMILES string of the molecule is O=C(NCC1(CO)CCCOC1)OCC1c2ccccc2-c2ccccc21. The molecule has 142 valence electrons. The molecule has 1 unspecified atom stereocenters. The number of nitrogens with one attached hydrogen (secondary N) is 1. The van der Waals surface area contributed by atoms with Crippen molar-refractivity contribution in [3.8, 4) is 11.1 Å². The molecule has 5 nitrogen and oxygen atoms in total. The molecule has 1 aliphatic heterocycles. The van der Waals surface area contributed by atoms with Crippen LogP contribution in [0.4, 0.5) is 4.79 Å². The Kier molecular flexibility index (Phi) is 5.14. The van der Waals surface area contributed by atoms with Crippen LogP contribution in [-0.2, 0) is 9.47 Å². The number of benzene rings is 2. The van der Waals surface area contributed by atoms with Gasteiger partial charge in [0.1, 0.15) is 6.61 Å². The number of fused-ring (bicyclic) bond motifs is 3.